The van der Waals surface area contributed by atoms with Gasteiger partial charge in [-0.3, -0.25) is 4.79 Å². The smallest absolute Gasteiger partial charge is 0.225 e. The maximum atomic E-state index is 12.2. The number of anilines is 1. The number of aliphatic hydroxyl groups is 1. The van der Waals surface area contributed by atoms with E-state index in [9.17, 15) is 9.90 Å². The molecule has 0 spiro atoms. The number of hydrogen-bond donors (Lipinski definition) is 3. The van der Waals surface area contributed by atoms with Crippen molar-refractivity contribution in [3.8, 4) is 0 Å². The summed E-state index contributed by atoms with van der Waals surface area (Å²) in [7, 11) is 0. The first-order valence-electron chi connectivity index (χ1n) is 8.87. The van der Waals surface area contributed by atoms with Gasteiger partial charge in [0.1, 0.15) is 0 Å². The van der Waals surface area contributed by atoms with Gasteiger partial charge in [-0.05, 0) is 56.7 Å². The van der Waals surface area contributed by atoms with E-state index in [1.54, 1.807) is 0 Å². The van der Waals surface area contributed by atoms with Crippen molar-refractivity contribution in [2.75, 3.05) is 11.9 Å². The van der Waals surface area contributed by atoms with Gasteiger partial charge >= 0.3 is 0 Å². The largest absolute Gasteiger partial charge is 0.393 e. The topological polar surface area (TPSA) is 61.4 Å². The second-order valence-corrected chi connectivity index (χ2v) is 6.76. The van der Waals surface area contributed by atoms with E-state index in [0.29, 0.717) is 12.3 Å². The van der Waals surface area contributed by atoms with Crippen LogP contribution in [-0.4, -0.2) is 29.7 Å². The van der Waals surface area contributed by atoms with Gasteiger partial charge in [0.15, 0.2) is 0 Å². The van der Waals surface area contributed by atoms with Crippen LogP contribution < -0.4 is 10.6 Å². The quantitative estimate of drug-likeness (QED) is 0.724. The van der Waals surface area contributed by atoms with Gasteiger partial charge in [-0.25, -0.2) is 0 Å². The zero-order chi connectivity index (χ0) is 16.7. The summed E-state index contributed by atoms with van der Waals surface area (Å²) in [5.74, 6) is 0.583. The summed E-state index contributed by atoms with van der Waals surface area (Å²) < 4.78 is 0. The van der Waals surface area contributed by atoms with E-state index in [0.717, 1.165) is 43.5 Å². The summed E-state index contributed by atoms with van der Waals surface area (Å²) in [5, 5.41) is 16.2. The van der Waals surface area contributed by atoms with E-state index in [-0.39, 0.29) is 18.1 Å². The first kappa shape index (κ1) is 18.0. The lowest BCUT2D eigenvalue weighted by atomic mass is 9.87. The predicted molar refractivity (Wildman–Crippen MR) is 94.5 cm³/mol. The number of rotatable bonds is 7. The van der Waals surface area contributed by atoms with Crippen molar-refractivity contribution in [3.05, 3.63) is 29.8 Å². The standard InChI is InChI=1S/C19H30N2O2/c1-3-16-8-4-5-10-18(16)21-19(23)11-14(2)20-13-15-7-6-9-17(22)12-15/h4-5,8,10,14-15,17,20,22H,3,6-7,9,11-13H2,1-2H3,(H,21,23). The molecule has 3 atom stereocenters. The summed E-state index contributed by atoms with van der Waals surface area (Å²) in [6.45, 7) is 5.02. The predicted octanol–water partition coefficient (Wildman–Crippen LogP) is 3.11. The Morgan fingerprint density at radius 3 is 2.87 bits per heavy atom. The maximum absolute atomic E-state index is 12.2. The minimum absolute atomic E-state index is 0.0505. The third-order valence-corrected chi connectivity index (χ3v) is 4.67. The van der Waals surface area contributed by atoms with Crippen LogP contribution in [0.15, 0.2) is 24.3 Å². The van der Waals surface area contributed by atoms with Crippen molar-refractivity contribution in [1.29, 1.82) is 0 Å². The van der Waals surface area contributed by atoms with E-state index in [1.807, 2.05) is 31.2 Å². The Morgan fingerprint density at radius 1 is 1.35 bits per heavy atom. The molecule has 0 aliphatic heterocycles. The van der Waals surface area contributed by atoms with Crippen molar-refractivity contribution in [2.24, 2.45) is 5.92 Å². The summed E-state index contributed by atoms with van der Waals surface area (Å²) in [5.41, 5.74) is 2.08. The molecule has 1 aromatic rings. The molecule has 0 saturated heterocycles. The molecule has 3 N–H and O–H groups in total. The number of carbonyl (C=O) groups is 1. The second kappa shape index (κ2) is 9.04. The van der Waals surface area contributed by atoms with Gasteiger partial charge in [0.2, 0.25) is 5.91 Å². The van der Waals surface area contributed by atoms with Gasteiger partial charge in [0.25, 0.3) is 0 Å². The number of amides is 1. The Bertz CT molecular complexity index is 504. The van der Waals surface area contributed by atoms with Crippen LogP contribution in [0.2, 0.25) is 0 Å². The molecule has 3 unspecified atom stereocenters. The summed E-state index contributed by atoms with van der Waals surface area (Å²) in [6.07, 6.45) is 5.34. The normalized spacial score (nSPS) is 22.6. The molecule has 1 amide bonds. The average Bonchev–Trinajstić information content (AvgIpc) is 2.53. The molecule has 0 heterocycles. The number of hydrogen-bond acceptors (Lipinski definition) is 3. The average molecular weight is 318 g/mol. The Morgan fingerprint density at radius 2 is 2.13 bits per heavy atom. The monoisotopic (exact) mass is 318 g/mol. The SMILES string of the molecule is CCc1ccccc1NC(=O)CC(C)NCC1CCCC(O)C1. The van der Waals surface area contributed by atoms with Crippen molar-refractivity contribution in [1.82, 2.24) is 5.32 Å². The van der Waals surface area contributed by atoms with Gasteiger partial charge in [0.05, 0.1) is 6.10 Å². The van der Waals surface area contributed by atoms with Gasteiger partial charge in [-0.2, -0.15) is 0 Å². The van der Waals surface area contributed by atoms with E-state index in [2.05, 4.69) is 17.6 Å². The zero-order valence-corrected chi connectivity index (χ0v) is 14.3. The van der Waals surface area contributed by atoms with Gasteiger partial charge in [-0.1, -0.05) is 31.5 Å². The molecule has 1 aliphatic carbocycles. The first-order chi connectivity index (χ1) is 11.1. The van der Waals surface area contributed by atoms with E-state index in [1.165, 1.54) is 6.42 Å². The van der Waals surface area contributed by atoms with E-state index < -0.39 is 0 Å². The molecule has 1 aliphatic rings. The third kappa shape index (κ3) is 5.96. The lowest BCUT2D eigenvalue weighted by Gasteiger charge is -2.27. The number of aryl methyl sites for hydroxylation is 1. The summed E-state index contributed by atoms with van der Waals surface area (Å²) >= 11 is 0. The molecular formula is C19H30N2O2. The molecule has 0 bridgehead atoms. The maximum Gasteiger partial charge on any atom is 0.225 e. The van der Waals surface area contributed by atoms with Gasteiger partial charge < -0.3 is 15.7 Å². The molecular weight excluding hydrogens is 288 g/mol. The van der Waals surface area contributed by atoms with Crippen LogP contribution in [0.3, 0.4) is 0 Å². The number of para-hydroxylation sites is 1. The number of benzene rings is 1. The minimum Gasteiger partial charge on any atom is -0.393 e. The van der Waals surface area contributed by atoms with Crippen LogP contribution in [0, 0.1) is 5.92 Å². The van der Waals surface area contributed by atoms with Crippen molar-refractivity contribution >= 4 is 11.6 Å². The molecule has 4 heteroatoms. The van der Waals surface area contributed by atoms with Gasteiger partial charge in [-0.15, -0.1) is 0 Å². The highest BCUT2D eigenvalue weighted by Gasteiger charge is 2.20. The molecule has 128 valence electrons. The molecule has 23 heavy (non-hydrogen) atoms. The molecule has 4 nitrogen and oxygen atoms in total. The summed E-state index contributed by atoms with van der Waals surface area (Å²) in [6, 6.07) is 8.09. The fourth-order valence-corrected chi connectivity index (χ4v) is 3.32. The Balaban J connectivity index is 1.74. The Hall–Kier alpha value is -1.39. The lowest BCUT2D eigenvalue weighted by molar-refractivity contribution is -0.116. The second-order valence-electron chi connectivity index (χ2n) is 6.76. The number of nitrogens with one attached hydrogen (secondary N) is 2. The molecule has 1 saturated carbocycles. The van der Waals surface area contributed by atoms with Crippen LogP contribution in [0.5, 0.6) is 0 Å². The van der Waals surface area contributed by atoms with Crippen molar-refractivity contribution < 1.29 is 9.90 Å². The Kier molecular flexibility index (Phi) is 7.06. The molecule has 1 fully saturated rings. The number of carbonyl (C=O) groups excluding carboxylic acids is 1. The molecule has 0 radical (unpaired) electrons. The third-order valence-electron chi connectivity index (χ3n) is 4.67. The number of aliphatic hydroxyl groups excluding tert-OH is 1. The molecule has 2 rings (SSSR count). The van der Waals surface area contributed by atoms with Gasteiger partial charge in [0, 0.05) is 18.2 Å². The fraction of sp³-hybridized carbons (Fsp3) is 0.632. The van der Waals surface area contributed by atoms with Crippen LogP contribution in [0.25, 0.3) is 0 Å². The zero-order valence-electron chi connectivity index (χ0n) is 14.3. The van der Waals surface area contributed by atoms with E-state index in [4.69, 9.17) is 0 Å². The highest BCUT2D eigenvalue weighted by atomic mass is 16.3. The van der Waals surface area contributed by atoms with Crippen molar-refractivity contribution in [2.45, 2.75) is 64.5 Å². The Labute approximate surface area is 139 Å². The molecule has 1 aromatic carbocycles. The first-order valence-corrected chi connectivity index (χ1v) is 8.87. The van der Waals surface area contributed by atoms with Crippen LogP contribution in [0.1, 0.15) is 51.5 Å². The highest BCUT2D eigenvalue weighted by molar-refractivity contribution is 5.91. The van der Waals surface area contributed by atoms with Crippen LogP contribution >= 0.6 is 0 Å². The van der Waals surface area contributed by atoms with E-state index >= 15 is 0 Å². The minimum atomic E-state index is -0.139. The summed E-state index contributed by atoms with van der Waals surface area (Å²) in [4.78, 5) is 12.2. The molecule has 0 aromatic heterocycles. The van der Waals surface area contributed by atoms with Crippen molar-refractivity contribution in [3.63, 3.8) is 0 Å². The lowest BCUT2D eigenvalue weighted by Crippen LogP contribution is -2.36. The van der Waals surface area contributed by atoms with Crippen LogP contribution in [-0.2, 0) is 11.2 Å². The fourth-order valence-electron chi connectivity index (χ4n) is 3.32. The highest BCUT2D eigenvalue weighted by Crippen LogP contribution is 2.23. The van der Waals surface area contributed by atoms with Crippen LogP contribution in [0.4, 0.5) is 5.69 Å².